The summed E-state index contributed by atoms with van der Waals surface area (Å²) in [7, 11) is -4.39. The molecule has 1 rings (SSSR count). The fourth-order valence-corrected chi connectivity index (χ4v) is 0.978. The second kappa shape index (κ2) is 1.67. The van der Waals surface area contributed by atoms with E-state index in [9.17, 15) is 12.3 Å². The Hall–Kier alpha value is -0.160. The van der Waals surface area contributed by atoms with Crippen molar-refractivity contribution in [2.45, 2.75) is 11.7 Å². The van der Waals surface area contributed by atoms with Gasteiger partial charge in [0.2, 0.25) is 0 Å². The molecule has 0 bridgehead atoms. The fourth-order valence-electron chi connectivity index (χ4n) is 0.530. The van der Waals surface area contributed by atoms with E-state index in [1.165, 1.54) is 6.92 Å². The minimum atomic E-state index is -4.39. The van der Waals surface area contributed by atoms with Gasteiger partial charge in [-0.3, -0.25) is 0 Å². The lowest BCUT2D eigenvalue weighted by atomic mass is 10.1. The minimum absolute atomic E-state index is 0.0220. The van der Waals surface area contributed by atoms with Gasteiger partial charge in [-0.25, -0.2) is 0 Å². The molecule has 1 fully saturated rings. The topological polar surface area (TPSA) is 43.4 Å². The Kier molecular flexibility index (Phi) is 1.29. The molecule has 0 radical (unpaired) electrons. The molecule has 0 amide bonds. The number of halogens is 1. The molecule has 3 nitrogen and oxygen atoms in total. The second-order valence-corrected chi connectivity index (χ2v) is 4.24. The normalized spacial score (nSPS) is 25.1. The lowest BCUT2D eigenvalue weighted by Gasteiger charge is -2.33. The molecule has 0 aromatic rings. The summed E-state index contributed by atoms with van der Waals surface area (Å²) in [5.41, 5.74) is 0. The van der Waals surface area contributed by atoms with Gasteiger partial charge in [0.1, 0.15) is 4.75 Å². The Balaban J connectivity index is 2.84. The van der Waals surface area contributed by atoms with E-state index < -0.39 is 15.0 Å². The van der Waals surface area contributed by atoms with Crippen LogP contribution in [0.3, 0.4) is 0 Å². The third-order valence-electron chi connectivity index (χ3n) is 1.40. The van der Waals surface area contributed by atoms with Gasteiger partial charge in [-0.2, -0.15) is 8.42 Å². The van der Waals surface area contributed by atoms with Crippen LogP contribution >= 0.6 is 0 Å². The van der Waals surface area contributed by atoms with Gasteiger partial charge in [0, 0.05) is 0 Å². The van der Waals surface area contributed by atoms with Crippen LogP contribution in [0.25, 0.3) is 0 Å². The Labute approximate surface area is 53.0 Å². The molecule has 0 spiro atoms. The van der Waals surface area contributed by atoms with E-state index in [1.54, 1.807) is 0 Å². The van der Waals surface area contributed by atoms with Crippen LogP contribution in [-0.4, -0.2) is 26.4 Å². The molecule has 0 atom stereocenters. The highest BCUT2D eigenvalue weighted by atomic mass is 32.3. The molecule has 1 heterocycles. The van der Waals surface area contributed by atoms with Crippen LogP contribution in [0.5, 0.6) is 0 Å². The summed E-state index contributed by atoms with van der Waals surface area (Å²) >= 11 is 0. The van der Waals surface area contributed by atoms with Crippen molar-refractivity contribution in [3.63, 3.8) is 0 Å². The molecular weight excluding hydrogens is 147 g/mol. The lowest BCUT2D eigenvalue weighted by molar-refractivity contribution is -0.00693. The molecule has 0 saturated carbocycles. The van der Waals surface area contributed by atoms with Crippen molar-refractivity contribution >= 4 is 10.2 Å². The van der Waals surface area contributed by atoms with Gasteiger partial charge in [-0.1, -0.05) is 0 Å². The minimum Gasteiger partial charge on any atom is -0.378 e. The number of rotatable bonds is 1. The van der Waals surface area contributed by atoms with E-state index >= 15 is 0 Å². The first-order valence-corrected chi connectivity index (χ1v) is 3.86. The van der Waals surface area contributed by atoms with Crippen molar-refractivity contribution < 1.29 is 17.0 Å². The van der Waals surface area contributed by atoms with Gasteiger partial charge < -0.3 is 4.74 Å². The zero-order valence-electron chi connectivity index (χ0n) is 4.93. The van der Waals surface area contributed by atoms with Gasteiger partial charge in [-0.15, -0.1) is 3.89 Å². The maximum absolute atomic E-state index is 12.1. The van der Waals surface area contributed by atoms with E-state index in [2.05, 4.69) is 4.74 Å². The summed E-state index contributed by atoms with van der Waals surface area (Å²) in [6.45, 7) is 1.28. The fraction of sp³-hybridized carbons (Fsp3) is 1.00. The first-order chi connectivity index (χ1) is 3.96. The molecule has 1 aliphatic rings. The molecule has 0 aliphatic carbocycles. The molecule has 0 unspecified atom stereocenters. The maximum Gasteiger partial charge on any atom is 0.312 e. The van der Waals surface area contributed by atoms with Crippen LogP contribution in [0.1, 0.15) is 6.92 Å². The second-order valence-electron chi connectivity index (χ2n) is 2.38. The Bertz CT molecular complexity index is 204. The Morgan fingerprint density at radius 1 is 1.56 bits per heavy atom. The lowest BCUT2D eigenvalue weighted by Crippen LogP contribution is -2.51. The highest BCUT2D eigenvalue weighted by molar-refractivity contribution is 7.87. The van der Waals surface area contributed by atoms with Gasteiger partial charge in [-0.05, 0) is 6.92 Å². The summed E-state index contributed by atoms with van der Waals surface area (Å²) in [6, 6.07) is 0. The molecular formula is C4H7FO3S. The monoisotopic (exact) mass is 154 g/mol. The summed E-state index contributed by atoms with van der Waals surface area (Å²) in [6.07, 6.45) is 0. The summed E-state index contributed by atoms with van der Waals surface area (Å²) in [5, 5.41) is 0. The SMILES string of the molecule is CC1(S(=O)(=O)F)COC1. The van der Waals surface area contributed by atoms with Crippen LogP contribution in [-0.2, 0) is 15.0 Å². The van der Waals surface area contributed by atoms with E-state index in [1.807, 2.05) is 0 Å². The average molecular weight is 154 g/mol. The molecule has 5 heteroatoms. The summed E-state index contributed by atoms with van der Waals surface area (Å²) < 4.78 is 35.8. The van der Waals surface area contributed by atoms with Gasteiger partial charge in [0.15, 0.2) is 0 Å². The van der Waals surface area contributed by atoms with Crippen molar-refractivity contribution in [1.29, 1.82) is 0 Å². The molecule has 1 aliphatic heterocycles. The highest BCUT2D eigenvalue weighted by Crippen LogP contribution is 2.27. The number of hydrogen-bond acceptors (Lipinski definition) is 3. The molecule has 0 aromatic carbocycles. The zero-order chi connectivity index (χ0) is 7.12. The first kappa shape index (κ1) is 6.95. The number of ether oxygens (including phenoxy) is 1. The van der Waals surface area contributed by atoms with E-state index in [0.717, 1.165) is 0 Å². The number of hydrogen-bond donors (Lipinski definition) is 0. The quantitative estimate of drug-likeness (QED) is 0.502. The van der Waals surface area contributed by atoms with E-state index in [-0.39, 0.29) is 13.2 Å². The standard InChI is InChI=1S/C4H7FO3S/c1-4(2-8-3-4)9(5,6)7/h2-3H2,1H3. The predicted molar refractivity (Wildman–Crippen MR) is 29.3 cm³/mol. The molecule has 0 N–H and O–H groups in total. The smallest absolute Gasteiger partial charge is 0.312 e. The zero-order valence-corrected chi connectivity index (χ0v) is 5.74. The average Bonchev–Trinajstić information content (AvgIpc) is 1.57. The third-order valence-corrected chi connectivity index (χ3v) is 2.82. The molecule has 9 heavy (non-hydrogen) atoms. The van der Waals surface area contributed by atoms with Crippen molar-refractivity contribution in [1.82, 2.24) is 0 Å². The third kappa shape index (κ3) is 0.943. The van der Waals surface area contributed by atoms with E-state index in [4.69, 9.17) is 0 Å². The van der Waals surface area contributed by atoms with Crippen LogP contribution in [0, 0.1) is 0 Å². The Morgan fingerprint density at radius 3 is 2.00 bits per heavy atom. The van der Waals surface area contributed by atoms with Crippen molar-refractivity contribution in [3.05, 3.63) is 0 Å². The van der Waals surface area contributed by atoms with Gasteiger partial charge in [0.05, 0.1) is 13.2 Å². The van der Waals surface area contributed by atoms with Crippen molar-refractivity contribution in [2.24, 2.45) is 0 Å². The van der Waals surface area contributed by atoms with Crippen molar-refractivity contribution in [2.75, 3.05) is 13.2 Å². The van der Waals surface area contributed by atoms with Gasteiger partial charge >= 0.3 is 10.2 Å². The largest absolute Gasteiger partial charge is 0.378 e. The summed E-state index contributed by atoms with van der Waals surface area (Å²) in [5.74, 6) is 0. The highest BCUT2D eigenvalue weighted by Gasteiger charge is 2.46. The van der Waals surface area contributed by atoms with E-state index in [0.29, 0.717) is 0 Å². The molecule has 1 saturated heterocycles. The van der Waals surface area contributed by atoms with Crippen LogP contribution < -0.4 is 0 Å². The van der Waals surface area contributed by atoms with Crippen LogP contribution in [0.2, 0.25) is 0 Å². The summed E-state index contributed by atoms with van der Waals surface area (Å²) in [4.78, 5) is 0. The van der Waals surface area contributed by atoms with Crippen molar-refractivity contribution in [3.8, 4) is 0 Å². The molecule has 0 aromatic heterocycles. The molecule has 54 valence electrons. The van der Waals surface area contributed by atoms with Crippen LogP contribution in [0.15, 0.2) is 0 Å². The van der Waals surface area contributed by atoms with Gasteiger partial charge in [0.25, 0.3) is 0 Å². The predicted octanol–water partition coefficient (Wildman–Crippen LogP) is 0.0746. The first-order valence-electron chi connectivity index (χ1n) is 2.48. The Morgan fingerprint density at radius 2 is 2.00 bits per heavy atom. The van der Waals surface area contributed by atoms with Crippen LogP contribution in [0.4, 0.5) is 3.89 Å². The maximum atomic E-state index is 12.1.